The molecule has 0 unspecified atom stereocenters. The van der Waals surface area contributed by atoms with Crippen LogP contribution in [-0.4, -0.2) is 44.5 Å². The van der Waals surface area contributed by atoms with E-state index in [9.17, 15) is 4.79 Å². The standard InChI is InChI=1S/C8H19N3O/c1-10-8(12)4-7-11(2)6-3-5-9/h3-7,9H2,1-2H3,(H,10,12). The second-order valence-electron chi connectivity index (χ2n) is 2.87. The van der Waals surface area contributed by atoms with Gasteiger partial charge in [0.25, 0.3) is 0 Å². The van der Waals surface area contributed by atoms with Crippen molar-refractivity contribution < 1.29 is 4.79 Å². The van der Waals surface area contributed by atoms with Gasteiger partial charge in [-0.1, -0.05) is 0 Å². The first-order valence-corrected chi connectivity index (χ1v) is 4.30. The molecule has 0 aromatic carbocycles. The molecule has 4 heteroatoms. The molecule has 0 aliphatic heterocycles. The van der Waals surface area contributed by atoms with E-state index in [1.807, 2.05) is 7.05 Å². The van der Waals surface area contributed by atoms with Gasteiger partial charge in [-0.2, -0.15) is 0 Å². The summed E-state index contributed by atoms with van der Waals surface area (Å²) in [4.78, 5) is 12.9. The summed E-state index contributed by atoms with van der Waals surface area (Å²) >= 11 is 0. The van der Waals surface area contributed by atoms with Gasteiger partial charge in [0.1, 0.15) is 0 Å². The van der Waals surface area contributed by atoms with Crippen molar-refractivity contribution in [2.45, 2.75) is 12.8 Å². The Balaban J connectivity index is 3.30. The maximum absolute atomic E-state index is 10.8. The normalized spacial score (nSPS) is 10.3. The summed E-state index contributed by atoms with van der Waals surface area (Å²) in [5, 5.41) is 2.59. The molecule has 0 aliphatic rings. The molecule has 0 aromatic rings. The third kappa shape index (κ3) is 6.12. The van der Waals surface area contributed by atoms with Crippen LogP contribution in [0, 0.1) is 0 Å². The number of amides is 1. The summed E-state index contributed by atoms with van der Waals surface area (Å²) in [7, 11) is 3.65. The van der Waals surface area contributed by atoms with Crippen LogP contribution in [0.4, 0.5) is 0 Å². The van der Waals surface area contributed by atoms with Gasteiger partial charge in [0, 0.05) is 20.0 Å². The van der Waals surface area contributed by atoms with Crippen LogP contribution in [0.2, 0.25) is 0 Å². The Bertz CT molecular complexity index is 127. The summed E-state index contributed by atoms with van der Waals surface area (Å²) < 4.78 is 0. The fraction of sp³-hybridized carbons (Fsp3) is 0.875. The molecule has 0 aliphatic carbocycles. The molecule has 72 valence electrons. The predicted octanol–water partition coefficient (Wildman–Crippen LogP) is -0.597. The van der Waals surface area contributed by atoms with Crippen molar-refractivity contribution in [1.82, 2.24) is 10.2 Å². The Hall–Kier alpha value is -0.610. The van der Waals surface area contributed by atoms with Crippen LogP contribution < -0.4 is 11.1 Å². The zero-order valence-corrected chi connectivity index (χ0v) is 7.97. The number of hydrogen-bond donors (Lipinski definition) is 2. The average molecular weight is 173 g/mol. The molecule has 0 bridgehead atoms. The van der Waals surface area contributed by atoms with Crippen LogP contribution in [0.25, 0.3) is 0 Å². The zero-order valence-electron chi connectivity index (χ0n) is 7.97. The van der Waals surface area contributed by atoms with E-state index < -0.39 is 0 Å². The molecular weight excluding hydrogens is 154 g/mol. The average Bonchev–Trinajstić information content (AvgIpc) is 2.10. The Morgan fingerprint density at radius 3 is 2.67 bits per heavy atom. The van der Waals surface area contributed by atoms with Gasteiger partial charge in [0.05, 0.1) is 0 Å². The molecule has 3 N–H and O–H groups in total. The minimum absolute atomic E-state index is 0.0922. The molecule has 0 radical (unpaired) electrons. The smallest absolute Gasteiger partial charge is 0.221 e. The predicted molar refractivity (Wildman–Crippen MR) is 49.9 cm³/mol. The molecule has 0 aromatic heterocycles. The Morgan fingerprint density at radius 2 is 2.17 bits per heavy atom. The SMILES string of the molecule is CNC(=O)CCN(C)CCCN. The van der Waals surface area contributed by atoms with E-state index in [0.29, 0.717) is 13.0 Å². The van der Waals surface area contributed by atoms with Gasteiger partial charge in [-0.05, 0) is 26.6 Å². The van der Waals surface area contributed by atoms with E-state index in [1.54, 1.807) is 7.05 Å². The van der Waals surface area contributed by atoms with Gasteiger partial charge in [-0.25, -0.2) is 0 Å². The third-order valence-electron chi connectivity index (χ3n) is 1.74. The molecule has 0 heterocycles. The van der Waals surface area contributed by atoms with Crippen LogP contribution in [0.15, 0.2) is 0 Å². The van der Waals surface area contributed by atoms with Crippen LogP contribution in [0.1, 0.15) is 12.8 Å². The summed E-state index contributed by atoms with van der Waals surface area (Å²) in [6.45, 7) is 2.48. The lowest BCUT2D eigenvalue weighted by atomic mass is 10.3. The minimum atomic E-state index is 0.0922. The second kappa shape index (κ2) is 7.06. The van der Waals surface area contributed by atoms with Gasteiger partial charge < -0.3 is 16.0 Å². The quantitative estimate of drug-likeness (QED) is 0.564. The van der Waals surface area contributed by atoms with Crippen molar-refractivity contribution in [3.63, 3.8) is 0 Å². The van der Waals surface area contributed by atoms with Crippen LogP contribution in [0.5, 0.6) is 0 Å². The Labute approximate surface area is 74.1 Å². The van der Waals surface area contributed by atoms with Crippen LogP contribution in [-0.2, 0) is 4.79 Å². The largest absolute Gasteiger partial charge is 0.359 e. The lowest BCUT2D eigenvalue weighted by Crippen LogP contribution is -2.28. The van der Waals surface area contributed by atoms with Crippen molar-refractivity contribution in [2.75, 3.05) is 33.7 Å². The van der Waals surface area contributed by atoms with Gasteiger partial charge in [-0.15, -0.1) is 0 Å². The van der Waals surface area contributed by atoms with Crippen molar-refractivity contribution in [1.29, 1.82) is 0 Å². The van der Waals surface area contributed by atoms with Crippen LogP contribution in [0.3, 0.4) is 0 Å². The zero-order chi connectivity index (χ0) is 9.40. The fourth-order valence-corrected chi connectivity index (χ4v) is 0.890. The molecule has 0 fully saturated rings. The van der Waals surface area contributed by atoms with E-state index in [0.717, 1.165) is 19.5 Å². The summed E-state index contributed by atoms with van der Waals surface area (Å²) in [6, 6.07) is 0. The maximum Gasteiger partial charge on any atom is 0.221 e. The first-order chi connectivity index (χ1) is 5.70. The van der Waals surface area contributed by atoms with Crippen molar-refractivity contribution in [3.05, 3.63) is 0 Å². The van der Waals surface area contributed by atoms with Crippen LogP contribution >= 0.6 is 0 Å². The maximum atomic E-state index is 10.8. The van der Waals surface area contributed by atoms with Crippen molar-refractivity contribution in [3.8, 4) is 0 Å². The molecule has 4 nitrogen and oxygen atoms in total. The van der Waals surface area contributed by atoms with E-state index in [-0.39, 0.29) is 5.91 Å². The molecule has 0 saturated heterocycles. The lowest BCUT2D eigenvalue weighted by molar-refractivity contribution is -0.120. The molecule has 1 amide bonds. The fourth-order valence-electron chi connectivity index (χ4n) is 0.890. The summed E-state index contributed by atoms with van der Waals surface area (Å²) in [5.74, 6) is 0.0922. The summed E-state index contributed by atoms with van der Waals surface area (Å²) in [6.07, 6.45) is 1.56. The minimum Gasteiger partial charge on any atom is -0.359 e. The summed E-state index contributed by atoms with van der Waals surface area (Å²) in [5.41, 5.74) is 5.35. The highest BCUT2D eigenvalue weighted by Gasteiger charge is 2.01. The number of hydrogen-bond acceptors (Lipinski definition) is 3. The topological polar surface area (TPSA) is 58.4 Å². The first-order valence-electron chi connectivity index (χ1n) is 4.30. The van der Waals surface area contributed by atoms with E-state index in [2.05, 4.69) is 10.2 Å². The number of carbonyl (C=O) groups excluding carboxylic acids is 1. The Morgan fingerprint density at radius 1 is 1.50 bits per heavy atom. The van der Waals surface area contributed by atoms with E-state index >= 15 is 0 Å². The van der Waals surface area contributed by atoms with E-state index in [4.69, 9.17) is 5.73 Å². The third-order valence-corrected chi connectivity index (χ3v) is 1.74. The monoisotopic (exact) mass is 173 g/mol. The number of nitrogens with zero attached hydrogens (tertiary/aromatic N) is 1. The number of carbonyl (C=O) groups is 1. The number of nitrogens with one attached hydrogen (secondary N) is 1. The molecular formula is C8H19N3O. The molecule has 0 rings (SSSR count). The van der Waals surface area contributed by atoms with Gasteiger partial charge in [-0.3, -0.25) is 4.79 Å². The molecule has 0 spiro atoms. The van der Waals surface area contributed by atoms with Gasteiger partial charge >= 0.3 is 0 Å². The van der Waals surface area contributed by atoms with Gasteiger partial charge in [0.15, 0.2) is 0 Å². The first kappa shape index (κ1) is 11.4. The highest BCUT2D eigenvalue weighted by molar-refractivity contribution is 5.75. The lowest BCUT2D eigenvalue weighted by Gasteiger charge is -2.14. The highest BCUT2D eigenvalue weighted by Crippen LogP contribution is 1.88. The number of rotatable bonds is 6. The molecule has 0 atom stereocenters. The second-order valence-corrected chi connectivity index (χ2v) is 2.87. The van der Waals surface area contributed by atoms with Crippen molar-refractivity contribution in [2.24, 2.45) is 5.73 Å². The van der Waals surface area contributed by atoms with Gasteiger partial charge in [0.2, 0.25) is 5.91 Å². The van der Waals surface area contributed by atoms with E-state index in [1.165, 1.54) is 0 Å². The molecule has 0 saturated carbocycles. The highest BCUT2D eigenvalue weighted by atomic mass is 16.1. The number of nitrogens with two attached hydrogens (primary N) is 1. The molecule has 12 heavy (non-hydrogen) atoms. The Kier molecular flexibility index (Phi) is 6.70. The van der Waals surface area contributed by atoms with Crippen molar-refractivity contribution >= 4 is 5.91 Å².